The fraction of sp³-hybridized carbons (Fsp3) is 0.273. The van der Waals surface area contributed by atoms with Crippen LogP contribution in [0, 0.1) is 0 Å². The molecular formula is C22H22BrNO5. The summed E-state index contributed by atoms with van der Waals surface area (Å²) in [7, 11) is 0. The largest absolute Gasteiger partial charge is 0.484 e. The van der Waals surface area contributed by atoms with Crippen molar-refractivity contribution in [3.63, 3.8) is 0 Å². The minimum atomic E-state index is -0.139. The lowest BCUT2D eigenvalue weighted by atomic mass is 10.1. The Morgan fingerprint density at radius 1 is 1.10 bits per heavy atom. The molecule has 0 spiro atoms. The predicted octanol–water partition coefficient (Wildman–Crippen LogP) is 4.32. The van der Waals surface area contributed by atoms with Crippen LogP contribution in [0.1, 0.15) is 29.8 Å². The van der Waals surface area contributed by atoms with Crippen molar-refractivity contribution < 1.29 is 23.8 Å². The molecule has 0 saturated heterocycles. The molecule has 0 fully saturated rings. The molecule has 3 rings (SSSR count). The number of amides is 1. The average Bonchev–Trinajstić information content (AvgIpc) is 3.18. The van der Waals surface area contributed by atoms with Crippen LogP contribution in [0.4, 0.5) is 0 Å². The normalized spacial score (nSPS) is 12.2. The quantitative estimate of drug-likeness (QED) is 0.434. The van der Waals surface area contributed by atoms with Crippen molar-refractivity contribution in [1.29, 1.82) is 0 Å². The molecule has 0 aromatic heterocycles. The number of rotatable bonds is 8. The van der Waals surface area contributed by atoms with Crippen LogP contribution < -0.4 is 14.2 Å². The molecule has 1 aliphatic heterocycles. The van der Waals surface area contributed by atoms with Crippen molar-refractivity contribution in [1.82, 2.24) is 4.90 Å². The summed E-state index contributed by atoms with van der Waals surface area (Å²) in [5.41, 5.74) is 1.35. The second-order valence-corrected chi connectivity index (χ2v) is 7.16. The smallest absolute Gasteiger partial charge is 0.260 e. The highest BCUT2D eigenvalue weighted by Gasteiger charge is 2.15. The molecule has 7 heteroatoms. The average molecular weight is 460 g/mol. The maximum atomic E-state index is 12.4. The molecule has 2 aromatic rings. The number of hydrogen-bond acceptors (Lipinski definition) is 5. The van der Waals surface area contributed by atoms with E-state index in [1.807, 2.05) is 26.0 Å². The first-order chi connectivity index (χ1) is 14.0. The Balaban J connectivity index is 1.61. The van der Waals surface area contributed by atoms with E-state index in [-0.39, 0.29) is 25.1 Å². The molecular weight excluding hydrogens is 438 g/mol. The van der Waals surface area contributed by atoms with Gasteiger partial charge in [-0.05, 0) is 68.0 Å². The number of ether oxygens (including phenoxy) is 3. The van der Waals surface area contributed by atoms with E-state index in [9.17, 15) is 9.59 Å². The van der Waals surface area contributed by atoms with Gasteiger partial charge in [-0.2, -0.15) is 0 Å². The molecule has 0 N–H and O–H groups in total. The van der Waals surface area contributed by atoms with E-state index in [2.05, 4.69) is 15.9 Å². The molecule has 2 aromatic carbocycles. The molecule has 0 unspecified atom stereocenters. The minimum Gasteiger partial charge on any atom is -0.484 e. The van der Waals surface area contributed by atoms with Gasteiger partial charge in [-0.1, -0.05) is 15.9 Å². The predicted molar refractivity (Wildman–Crippen MR) is 113 cm³/mol. The van der Waals surface area contributed by atoms with Crippen LogP contribution in [-0.2, 0) is 4.79 Å². The topological polar surface area (TPSA) is 65.1 Å². The summed E-state index contributed by atoms with van der Waals surface area (Å²) in [5.74, 6) is 1.67. The lowest BCUT2D eigenvalue weighted by Gasteiger charge is -2.18. The van der Waals surface area contributed by atoms with Crippen molar-refractivity contribution in [3.05, 3.63) is 58.1 Å². The molecule has 29 heavy (non-hydrogen) atoms. The zero-order valence-electron chi connectivity index (χ0n) is 16.3. The van der Waals surface area contributed by atoms with Crippen molar-refractivity contribution in [3.8, 4) is 17.2 Å². The van der Waals surface area contributed by atoms with Gasteiger partial charge in [-0.3, -0.25) is 9.59 Å². The van der Waals surface area contributed by atoms with E-state index in [0.717, 1.165) is 10.0 Å². The van der Waals surface area contributed by atoms with Gasteiger partial charge in [0.2, 0.25) is 6.79 Å². The molecule has 1 heterocycles. The lowest BCUT2D eigenvalue weighted by Crippen LogP contribution is -2.34. The van der Waals surface area contributed by atoms with Gasteiger partial charge in [0.25, 0.3) is 5.91 Å². The number of carbonyl (C=O) groups excluding carboxylic acids is 2. The highest BCUT2D eigenvalue weighted by atomic mass is 79.9. The van der Waals surface area contributed by atoms with Crippen molar-refractivity contribution in [2.45, 2.75) is 13.8 Å². The Kier molecular flexibility index (Phi) is 6.93. The third-order valence-electron chi connectivity index (χ3n) is 4.52. The summed E-state index contributed by atoms with van der Waals surface area (Å²) >= 11 is 3.47. The van der Waals surface area contributed by atoms with Crippen LogP contribution >= 0.6 is 15.9 Å². The van der Waals surface area contributed by atoms with Crippen molar-refractivity contribution in [2.24, 2.45) is 0 Å². The third-order valence-corrected chi connectivity index (χ3v) is 5.21. The Labute approximate surface area is 178 Å². The number of benzene rings is 2. The maximum absolute atomic E-state index is 12.4. The fourth-order valence-corrected chi connectivity index (χ4v) is 3.30. The summed E-state index contributed by atoms with van der Waals surface area (Å²) in [5, 5.41) is 0. The van der Waals surface area contributed by atoms with Crippen LogP contribution in [0.3, 0.4) is 0 Å². The number of nitrogens with zero attached hydrogens (tertiary/aromatic N) is 1. The first kappa shape index (κ1) is 20.9. The van der Waals surface area contributed by atoms with E-state index < -0.39 is 0 Å². The zero-order chi connectivity index (χ0) is 20.8. The summed E-state index contributed by atoms with van der Waals surface area (Å²) < 4.78 is 17.0. The van der Waals surface area contributed by atoms with Crippen LogP contribution in [0.2, 0.25) is 0 Å². The number of fused-ring (bicyclic) bond motifs is 1. The maximum Gasteiger partial charge on any atom is 0.260 e. The van der Waals surface area contributed by atoms with E-state index in [1.165, 1.54) is 6.08 Å². The monoisotopic (exact) mass is 459 g/mol. The molecule has 6 nitrogen and oxygen atoms in total. The fourth-order valence-electron chi connectivity index (χ4n) is 2.85. The highest BCUT2D eigenvalue weighted by molar-refractivity contribution is 9.10. The number of ketones is 1. The number of likely N-dealkylation sites (N-methyl/N-ethyl adjacent to an activating group) is 1. The Bertz CT molecular complexity index is 920. The molecule has 152 valence electrons. The first-order valence-electron chi connectivity index (χ1n) is 9.34. The summed E-state index contributed by atoms with van der Waals surface area (Å²) in [6, 6.07) is 10.4. The number of halogens is 1. The van der Waals surface area contributed by atoms with Crippen molar-refractivity contribution >= 4 is 33.7 Å². The van der Waals surface area contributed by atoms with Gasteiger partial charge >= 0.3 is 0 Å². The van der Waals surface area contributed by atoms with Crippen LogP contribution in [0.25, 0.3) is 6.08 Å². The van der Waals surface area contributed by atoms with Gasteiger partial charge < -0.3 is 19.1 Å². The van der Waals surface area contributed by atoms with Gasteiger partial charge in [0.05, 0.1) is 0 Å². The minimum absolute atomic E-state index is 0.0208. The summed E-state index contributed by atoms with van der Waals surface area (Å²) in [6.07, 6.45) is 3.23. The van der Waals surface area contributed by atoms with Gasteiger partial charge in [-0.15, -0.1) is 0 Å². The van der Waals surface area contributed by atoms with Crippen molar-refractivity contribution in [2.75, 3.05) is 26.5 Å². The Morgan fingerprint density at radius 2 is 1.76 bits per heavy atom. The molecule has 1 amide bonds. The van der Waals surface area contributed by atoms with Crippen LogP contribution in [0.5, 0.6) is 17.2 Å². The van der Waals surface area contributed by atoms with Crippen LogP contribution in [0.15, 0.2) is 46.9 Å². The standard InChI is InChI=1S/C22H22BrNO5/c1-3-24(4-2)22(26)13-27-17-8-5-15(6-9-17)19(25)10-7-16-11-20-21(12-18(16)23)29-14-28-20/h5-12H,3-4,13-14H2,1-2H3/b10-7+. The number of carbonyl (C=O) groups is 2. The van der Waals surface area contributed by atoms with E-state index in [0.29, 0.717) is 35.9 Å². The second-order valence-electron chi connectivity index (χ2n) is 6.30. The van der Waals surface area contributed by atoms with Gasteiger partial charge in [0.1, 0.15) is 5.75 Å². The molecule has 0 saturated carbocycles. The molecule has 0 aliphatic carbocycles. The second kappa shape index (κ2) is 9.60. The van der Waals surface area contributed by atoms with E-state index >= 15 is 0 Å². The number of hydrogen-bond donors (Lipinski definition) is 0. The first-order valence-corrected chi connectivity index (χ1v) is 10.1. The SMILES string of the molecule is CCN(CC)C(=O)COc1ccc(C(=O)/C=C/c2cc3c(cc2Br)OCO3)cc1. The molecule has 0 atom stereocenters. The Morgan fingerprint density at radius 3 is 2.41 bits per heavy atom. The zero-order valence-corrected chi connectivity index (χ0v) is 17.9. The summed E-state index contributed by atoms with van der Waals surface area (Å²) in [6.45, 7) is 5.33. The van der Waals surface area contributed by atoms with E-state index in [4.69, 9.17) is 14.2 Å². The molecule has 0 radical (unpaired) electrons. The number of allylic oxidation sites excluding steroid dienone is 1. The van der Waals surface area contributed by atoms with E-state index in [1.54, 1.807) is 35.2 Å². The Hall–Kier alpha value is -2.80. The van der Waals surface area contributed by atoms with Crippen LogP contribution in [-0.4, -0.2) is 43.1 Å². The van der Waals surface area contributed by atoms with Gasteiger partial charge in [0, 0.05) is 23.1 Å². The van der Waals surface area contributed by atoms with Gasteiger partial charge in [0.15, 0.2) is 23.9 Å². The third kappa shape index (κ3) is 5.17. The molecule has 1 aliphatic rings. The summed E-state index contributed by atoms with van der Waals surface area (Å²) in [4.78, 5) is 26.1. The van der Waals surface area contributed by atoms with Gasteiger partial charge in [-0.25, -0.2) is 0 Å². The highest BCUT2D eigenvalue weighted by Crippen LogP contribution is 2.37. The molecule has 0 bridgehead atoms. The lowest BCUT2D eigenvalue weighted by molar-refractivity contribution is -0.132.